The Balaban J connectivity index is 2.93. The molecule has 0 saturated carbocycles. The number of hydrogen-bond donors (Lipinski definition) is 0. The Morgan fingerprint density at radius 3 is 2.47 bits per heavy atom. The zero-order valence-electron chi connectivity index (χ0n) is 8.68. The molecular formula is C11H7F4NO. The summed E-state index contributed by atoms with van der Waals surface area (Å²) in [6.07, 6.45) is -4.51. The molecule has 6 heteroatoms. The van der Waals surface area contributed by atoms with Crippen LogP contribution in [0.15, 0.2) is 18.2 Å². The van der Waals surface area contributed by atoms with Gasteiger partial charge >= 0.3 is 6.18 Å². The second-order valence-corrected chi connectivity index (χ2v) is 3.60. The van der Waals surface area contributed by atoms with Crippen molar-refractivity contribution in [3.05, 3.63) is 35.3 Å². The molecule has 0 fully saturated rings. The van der Waals surface area contributed by atoms with Crippen molar-refractivity contribution >= 4 is 17.2 Å². The van der Waals surface area contributed by atoms with Gasteiger partial charge in [0.1, 0.15) is 11.5 Å². The molecule has 0 aliphatic rings. The third kappa shape index (κ3) is 1.69. The molecule has 1 aromatic heterocycles. The SMILES string of the molecule is Cn1c(C(F)(F)F)c(C=O)c2ccc(F)cc21. The fourth-order valence-corrected chi connectivity index (χ4v) is 1.90. The first-order chi connectivity index (χ1) is 7.86. The number of aryl methyl sites for hydroxylation is 1. The molecule has 0 saturated heterocycles. The minimum atomic E-state index is -4.65. The quantitative estimate of drug-likeness (QED) is 0.558. The number of aldehydes is 1. The van der Waals surface area contributed by atoms with Crippen LogP contribution in [0.5, 0.6) is 0 Å². The number of alkyl halides is 3. The first-order valence-corrected chi connectivity index (χ1v) is 4.66. The lowest BCUT2D eigenvalue weighted by atomic mass is 10.1. The summed E-state index contributed by atoms with van der Waals surface area (Å²) in [5.74, 6) is -0.649. The molecular weight excluding hydrogens is 238 g/mol. The van der Waals surface area contributed by atoms with E-state index in [2.05, 4.69) is 0 Å². The minimum Gasteiger partial charge on any atom is -0.339 e. The third-order valence-electron chi connectivity index (χ3n) is 2.59. The van der Waals surface area contributed by atoms with E-state index in [1.807, 2.05) is 0 Å². The second-order valence-electron chi connectivity index (χ2n) is 3.60. The van der Waals surface area contributed by atoms with Gasteiger partial charge in [-0.25, -0.2) is 4.39 Å². The van der Waals surface area contributed by atoms with Crippen LogP contribution in [0.4, 0.5) is 17.6 Å². The van der Waals surface area contributed by atoms with Gasteiger partial charge in [0, 0.05) is 12.4 Å². The highest BCUT2D eigenvalue weighted by Crippen LogP contribution is 2.36. The number of rotatable bonds is 1. The smallest absolute Gasteiger partial charge is 0.339 e. The summed E-state index contributed by atoms with van der Waals surface area (Å²) in [4.78, 5) is 10.8. The molecule has 0 atom stereocenters. The molecule has 17 heavy (non-hydrogen) atoms. The van der Waals surface area contributed by atoms with E-state index in [0.29, 0.717) is 0 Å². The first-order valence-electron chi connectivity index (χ1n) is 4.66. The predicted molar refractivity (Wildman–Crippen MR) is 53.3 cm³/mol. The van der Waals surface area contributed by atoms with Gasteiger partial charge in [0.25, 0.3) is 0 Å². The van der Waals surface area contributed by atoms with Gasteiger partial charge < -0.3 is 4.57 Å². The zero-order valence-corrected chi connectivity index (χ0v) is 8.68. The highest BCUT2D eigenvalue weighted by atomic mass is 19.4. The minimum absolute atomic E-state index is 0.0411. The van der Waals surface area contributed by atoms with Crippen molar-refractivity contribution in [2.24, 2.45) is 7.05 Å². The van der Waals surface area contributed by atoms with Crippen molar-refractivity contribution in [2.75, 3.05) is 0 Å². The monoisotopic (exact) mass is 245 g/mol. The van der Waals surface area contributed by atoms with E-state index in [0.717, 1.165) is 23.7 Å². The number of carbonyl (C=O) groups excluding carboxylic acids is 1. The number of aromatic nitrogens is 1. The molecule has 0 bridgehead atoms. The van der Waals surface area contributed by atoms with Gasteiger partial charge in [-0.2, -0.15) is 13.2 Å². The van der Waals surface area contributed by atoms with Gasteiger partial charge in [0.05, 0.1) is 11.1 Å². The average molecular weight is 245 g/mol. The van der Waals surface area contributed by atoms with Gasteiger partial charge in [-0.3, -0.25) is 4.79 Å². The molecule has 1 aromatic carbocycles. The molecule has 2 nitrogen and oxygen atoms in total. The third-order valence-corrected chi connectivity index (χ3v) is 2.59. The summed E-state index contributed by atoms with van der Waals surface area (Å²) in [7, 11) is 1.15. The molecule has 90 valence electrons. The van der Waals surface area contributed by atoms with E-state index in [1.165, 1.54) is 6.07 Å². The Bertz CT molecular complexity index is 598. The Morgan fingerprint density at radius 2 is 1.94 bits per heavy atom. The molecule has 2 rings (SSSR count). The Morgan fingerprint density at radius 1 is 1.29 bits per heavy atom. The Hall–Kier alpha value is -1.85. The van der Waals surface area contributed by atoms with Crippen LogP contribution in [0.2, 0.25) is 0 Å². The van der Waals surface area contributed by atoms with E-state index in [9.17, 15) is 22.4 Å². The number of hydrogen-bond acceptors (Lipinski definition) is 1. The Labute approximate surface area is 93.5 Å². The number of carbonyl (C=O) groups is 1. The van der Waals surface area contributed by atoms with Crippen LogP contribution in [-0.4, -0.2) is 10.9 Å². The number of benzene rings is 1. The van der Waals surface area contributed by atoms with Crippen molar-refractivity contribution in [1.29, 1.82) is 0 Å². The maximum absolute atomic E-state index is 13.0. The topological polar surface area (TPSA) is 22.0 Å². The summed E-state index contributed by atoms with van der Waals surface area (Å²) in [5.41, 5.74) is -1.48. The fraction of sp³-hybridized carbons (Fsp3) is 0.182. The van der Waals surface area contributed by atoms with Crippen LogP contribution in [0.25, 0.3) is 10.9 Å². The van der Waals surface area contributed by atoms with Crippen LogP contribution in [-0.2, 0) is 13.2 Å². The summed E-state index contributed by atoms with van der Waals surface area (Å²) in [5, 5.41) is 0.0937. The fourth-order valence-electron chi connectivity index (χ4n) is 1.90. The maximum Gasteiger partial charge on any atom is 0.432 e. The van der Waals surface area contributed by atoms with Crippen molar-refractivity contribution in [2.45, 2.75) is 6.18 Å². The van der Waals surface area contributed by atoms with Crippen LogP contribution < -0.4 is 0 Å². The number of nitrogens with zero attached hydrogens (tertiary/aromatic N) is 1. The lowest BCUT2D eigenvalue weighted by Gasteiger charge is -2.08. The highest BCUT2D eigenvalue weighted by Gasteiger charge is 2.38. The van der Waals surface area contributed by atoms with Gasteiger partial charge in [-0.1, -0.05) is 0 Å². The van der Waals surface area contributed by atoms with E-state index >= 15 is 0 Å². The molecule has 1 heterocycles. The normalized spacial score (nSPS) is 12.1. The van der Waals surface area contributed by atoms with E-state index in [1.54, 1.807) is 0 Å². The number of halogens is 4. The van der Waals surface area contributed by atoms with Gasteiger partial charge in [-0.05, 0) is 18.2 Å². The largest absolute Gasteiger partial charge is 0.432 e. The van der Waals surface area contributed by atoms with E-state index in [4.69, 9.17) is 0 Å². The molecule has 2 aromatic rings. The Kier molecular flexibility index (Phi) is 2.45. The van der Waals surface area contributed by atoms with Crippen LogP contribution >= 0.6 is 0 Å². The van der Waals surface area contributed by atoms with Crippen LogP contribution in [0.3, 0.4) is 0 Å². The second kappa shape index (κ2) is 3.58. The van der Waals surface area contributed by atoms with E-state index in [-0.39, 0.29) is 17.2 Å². The van der Waals surface area contributed by atoms with Crippen LogP contribution in [0, 0.1) is 5.82 Å². The summed E-state index contributed by atoms with van der Waals surface area (Å²) >= 11 is 0. The lowest BCUT2D eigenvalue weighted by molar-refractivity contribution is -0.143. The highest BCUT2D eigenvalue weighted by molar-refractivity contribution is 5.99. The molecule has 0 unspecified atom stereocenters. The average Bonchev–Trinajstić information content (AvgIpc) is 2.51. The molecule has 0 spiro atoms. The molecule has 0 aliphatic carbocycles. The van der Waals surface area contributed by atoms with Crippen molar-refractivity contribution in [1.82, 2.24) is 4.57 Å². The molecule has 0 aliphatic heterocycles. The van der Waals surface area contributed by atoms with Gasteiger partial charge in [-0.15, -0.1) is 0 Å². The summed E-state index contributed by atoms with van der Waals surface area (Å²) in [6.45, 7) is 0. The van der Waals surface area contributed by atoms with Gasteiger partial charge in [0.15, 0.2) is 6.29 Å². The van der Waals surface area contributed by atoms with Gasteiger partial charge in [0.2, 0.25) is 0 Å². The van der Waals surface area contributed by atoms with Crippen molar-refractivity contribution in [3.8, 4) is 0 Å². The summed E-state index contributed by atoms with van der Waals surface area (Å²) < 4.78 is 52.0. The molecule has 0 amide bonds. The lowest BCUT2D eigenvalue weighted by Crippen LogP contribution is -2.13. The van der Waals surface area contributed by atoms with Crippen molar-refractivity contribution < 1.29 is 22.4 Å². The standard InChI is InChI=1S/C11H7F4NO/c1-16-9-4-6(12)2-3-7(9)8(5-17)10(16)11(13,14)15/h2-5H,1H3. The summed E-state index contributed by atoms with van der Waals surface area (Å²) in [6, 6.07) is 3.16. The molecule has 0 N–H and O–H groups in total. The van der Waals surface area contributed by atoms with Crippen molar-refractivity contribution in [3.63, 3.8) is 0 Å². The maximum atomic E-state index is 13.0. The zero-order chi connectivity index (χ0) is 12.8. The van der Waals surface area contributed by atoms with E-state index < -0.39 is 23.3 Å². The first kappa shape index (κ1) is 11.6. The van der Waals surface area contributed by atoms with Crippen LogP contribution in [0.1, 0.15) is 16.1 Å². The number of fused-ring (bicyclic) bond motifs is 1. The molecule has 0 radical (unpaired) electrons. The predicted octanol–water partition coefficient (Wildman–Crippen LogP) is 3.15.